The number of methoxy groups -OCH3 is 1. The lowest BCUT2D eigenvalue weighted by Gasteiger charge is -2.03. The Hall–Kier alpha value is -2.64. The number of anilines is 1. The molecule has 0 fully saturated rings. The number of alkyl halides is 2. The molecule has 104 valence electrons. The number of halogens is 2. The molecule has 0 saturated carbocycles. The number of ether oxygens (including phenoxy) is 1. The Morgan fingerprint density at radius 3 is 2.60 bits per heavy atom. The van der Waals surface area contributed by atoms with Gasteiger partial charge in [-0.25, -0.2) is 13.5 Å². The summed E-state index contributed by atoms with van der Waals surface area (Å²) in [5.74, 6) is 0.739. The predicted molar refractivity (Wildman–Crippen MR) is 69.1 cm³/mol. The lowest BCUT2D eigenvalue weighted by Crippen LogP contribution is -1.99. The number of hydrogen-bond donors (Lipinski definition) is 2. The topological polar surface area (TPSA) is 81.8 Å². The van der Waals surface area contributed by atoms with Crippen LogP contribution in [0.15, 0.2) is 24.3 Å². The molecule has 0 aliphatic heterocycles. The number of nitrogen functional groups attached to an aromatic ring is 1. The molecular weight excluding hydrogens is 268 g/mol. The van der Waals surface area contributed by atoms with Crippen molar-refractivity contribution >= 4 is 16.9 Å². The number of aromatic nitrogens is 4. The molecule has 1 aromatic carbocycles. The van der Waals surface area contributed by atoms with E-state index < -0.39 is 6.43 Å². The first-order valence-corrected chi connectivity index (χ1v) is 5.77. The average molecular weight is 279 g/mol. The molecule has 3 N–H and O–H groups in total. The van der Waals surface area contributed by atoms with Gasteiger partial charge in [0.15, 0.2) is 5.65 Å². The van der Waals surface area contributed by atoms with Crippen molar-refractivity contribution in [3.63, 3.8) is 0 Å². The Morgan fingerprint density at radius 2 is 2.00 bits per heavy atom. The molecule has 0 spiro atoms. The van der Waals surface area contributed by atoms with Gasteiger partial charge in [-0.1, -0.05) is 0 Å². The van der Waals surface area contributed by atoms with Crippen LogP contribution in [0.4, 0.5) is 14.6 Å². The van der Waals surface area contributed by atoms with Gasteiger partial charge in [-0.3, -0.25) is 5.10 Å². The number of nitrogens with two attached hydrogens (primary N) is 1. The highest BCUT2D eigenvalue weighted by atomic mass is 19.3. The van der Waals surface area contributed by atoms with Crippen molar-refractivity contribution in [1.82, 2.24) is 20.0 Å². The van der Waals surface area contributed by atoms with E-state index in [0.29, 0.717) is 11.4 Å². The Morgan fingerprint density at radius 1 is 1.30 bits per heavy atom. The van der Waals surface area contributed by atoms with E-state index in [0.717, 1.165) is 0 Å². The second kappa shape index (κ2) is 4.48. The minimum Gasteiger partial charge on any atom is -0.497 e. The summed E-state index contributed by atoms with van der Waals surface area (Å²) < 4.78 is 32.4. The molecule has 0 radical (unpaired) electrons. The molecule has 3 rings (SSSR count). The molecule has 0 saturated heterocycles. The number of rotatable bonds is 3. The second-order valence-electron chi connectivity index (χ2n) is 4.13. The average Bonchev–Trinajstić information content (AvgIpc) is 3.00. The third-order valence-corrected chi connectivity index (χ3v) is 2.96. The fraction of sp³-hybridized carbons (Fsp3) is 0.167. The summed E-state index contributed by atoms with van der Waals surface area (Å²) in [6.07, 6.45) is -2.73. The fourth-order valence-electron chi connectivity index (χ4n) is 2.01. The van der Waals surface area contributed by atoms with Crippen molar-refractivity contribution in [2.75, 3.05) is 12.8 Å². The summed E-state index contributed by atoms with van der Waals surface area (Å²) in [4.78, 5) is 0. The van der Waals surface area contributed by atoms with Crippen LogP contribution in [-0.2, 0) is 0 Å². The first-order chi connectivity index (χ1) is 9.61. The van der Waals surface area contributed by atoms with Gasteiger partial charge in [-0.2, -0.15) is 10.2 Å². The van der Waals surface area contributed by atoms with Crippen LogP contribution in [0.5, 0.6) is 5.75 Å². The predicted octanol–water partition coefficient (Wildman–Crippen LogP) is 2.28. The van der Waals surface area contributed by atoms with Crippen LogP contribution < -0.4 is 10.5 Å². The van der Waals surface area contributed by atoms with Gasteiger partial charge >= 0.3 is 0 Å². The number of aromatic amines is 1. The monoisotopic (exact) mass is 279 g/mol. The number of H-pyrrole nitrogens is 1. The van der Waals surface area contributed by atoms with Crippen LogP contribution in [0, 0.1) is 0 Å². The third-order valence-electron chi connectivity index (χ3n) is 2.96. The number of benzene rings is 1. The van der Waals surface area contributed by atoms with E-state index in [4.69, 9.17) is 10.5 Å². The quantitative estimate of drug-likeness (QED) is 0.770. The molecule has 6 nitrogen and oxygen atoms in total. The van der Waals surface area contributed by atoms with Crippen molar-refractivity contribution in [1.29, 1.82) is 0 Å². The molecule has 3 aromatic rings. The summed E-state index contributed by atoms with van der Waals surface area (Å²) >= 11 is 0. The molecule has 0 atom stereocenters. The number of fused-ring (bicyclic) bond motifs is 1. The molecular formula is C12H11F2N5O. The summed E-state index contributed by atoms with van der Waals surface area (Å²) in [7, 11) is 1.55. The van der Waals surface area contributed by atoms with Crippen molar-refractivity contribution in [2.45, 2.75) is 6.43 Å². The van der Waals surface area contributed by atoms with Crippen LogP contribution in [-0.4, -0.2) is 27.1 Å². The number of nitrogens with zero attached hydrogens (tertiary/aromatic N) is 3. The summed E-state index contributed by atoms with van der Waals surface area (Å²) in [6, 6.07) is 6.82. The molecule has 0 amide bonds. The zero-order valence-electron chi connectivity index (χ0n) is 10.5. The molecule has 2 aromatic heterocycles. The number of nitrogens with one attached hydrogen (secondary N) is 1. The van der Waals surface area contributed by atoms with Crippen molar-refractivity contribution in [2.24, 2.45) is 0 Å². The molecule has 0 unspecified atom stereocenters. The second-order valence-corrected chi connectivity index (χ2v) is 4.13. The van der Waals surface area contributed by atoms with Crippen LogP contribution in [0.2, 0.25) is 0 Å². The Bertz CT molecular complexity index is 747. The van der Waals surface area contributed by atoms with E-state index in [1.165, 1.54) is 4.68 Å². The van der Waals surface area contributed by atoms with Crippen LogP contribution in [0.25, 0.3) is 16.7 Å². The normalized spacial score (nSPS) is 11.4. The first-order valence-electron chi connectivity index (χ1n) is 5.77. The largest absolute Gasteiger partial charge is 0.497 e. The van der Waals surface area contributed by atoms with E-state index in [1.807, 2.05) is 0 Å². The number of hydrogen-bond acceptors (Lipinski definition) is 4. The standard InChI is InChI=1S/C12H11F2N5O/c1-20-7-4-2-6(3-5-7)19-12-8(11(15)16-17-12)9(18-19)10(13)14/h2-5,10H,1H3,(H3,15,16,17). The minimum absolute atomic E-state index is 0.0788. The van der Waals surface area contributed by atoms with E-state index in [2.05, 4.69) is 15.3 Å². The maximum atomic E-state index is 13.0. The van der Waals surface area contributed by atoms with Crippen LogP contribution >= 0.6 is 0 Å². The van der Waals surface area contributed by atoms with Gasteiger partial charge in [0.05, 0.1) is 18.2 Å². The Labute approximate surface area is 112 Å². The lowest BCUT2D eigenvalue weighted by atomic mass is 10.3. The van der Waals surface area contributed by atoms with Gasteiger partial charge in [-0.15, -0.1) is 0 Å². The lowest BCUT2D eigenvalue weighted by molar-refractivity contribution is 0.147. The summed E-state index contributed by atoms with van der Waals surface area (Å²) in [6.45, 7) is 0. The molecule has 20 heavy (non-hydrogen) atoms. The van der Waals surface area contributed by atoms with Gasteiger partial charge in [0, 0.05) is 0 Å². The van der Waals surface area contributed by atoms with Gasteiger partial charge < -0.3 is 10.5 Å². The zero-order valence-corrected chi connectivity index (χ0v) is 10.5. The van der Waals surface area contributed by atoms with Crippen molar-refractivity contribution < 1.29 is 13.5 Å². The smallest absolute Gasteiger partial charge is 0.282 e. The Balaban J connectivity index is 2.20. The van der Waals surface area contributed by atoms with Gasteiger partial charge in [-0.05, 0) is 24.3 Å². The first kappa shape index (κ1) is 12.4. The third kappa shape index (κ3) is 1.77. The SMILES string of the molecule is COc1ccc(-n2nc(C(F)F)c3c(N)[nH]nc32)cc1. The summed E-state index contributed by atoms with van der Waals surface area (Å²) in [5, 5.41) is 10.5. The maximum Gasteiger partial charge on any atom is 0.282 e. The summed E-state index contributed by atoms with van der Waals surface area (Å²) in [5.41, 5.74) is 6.10. The minimum atomic E-state index is -2.73. The molecule has 2 heterocycles. The Kier molecular flexibility index (Phi) is 2.78. The molecule has 0 aliphatic rings. The van der Waals surface area contributed by atoms with Gasteiger partial charge in [0.1, 0.15) is 17.3 Å². The van der Waals surface area contributed by atoms with E-state index in [1.54, 1.807) is 31.4 Å². The van der Waals surface area contributed by atoms with Crippen molar-refractivity contribution in [3.8, 4) is 11.4 Å². The van der Waals surface area contributed by atoms with Gasteiger partial charge in [0.2, 0.25) is 0 Å². The van der Waals surface area contributed by atoms with Crippen LogP contribution in [0.3, 0.4) is 0 Å². The van der Waals surface area contributed by atoms with Gasteiger partial charge in [0.25, 0.3) is 6.43 Å². The highest BCUT2D eigenvalue weighted by molar-refractivity contribution is 5.90. The highest BCUT2D eigenvalue weighted by Crippen LogP contribution is 2.31. The molecule has 8 heteroatoms. The van der Waals surface area contributed by atoms with E-state index >= 15 is 0 Å². The van der Waals surface area contributed by atoms with Crippen LogP contribution in [0.1, 0.15) is 12.1 Å². The van der Waals surface area contributed by atoms with E-state index in [9.17, 15) is 8.78 Å². The molecule has 0 aliphatic carbocycles. The maximum absolute atomic E-state index is 13.0. The van der Waals surface area contributed by atoms with E-state index in [-0.39, 0.29) is 22.5 Å². The fourth-order valence-corrected chi connectivity index (χ4v) is 2.01. The zero-order chi connectivity index (χ0) is 14.3. The highest BCUT2D eigenvalue weighted by Gasteiger charge is 2.23. The molecule has 0 bridgehead atoms. The van der Waals surface area contributed by atoms with Crippen molar-refractivity contribution in [3.05, 3.63) is 30.0 Å².